The van der Waals surface area contributed by atoms with Gasteiger partial charge < -0.3 is 4.74 Å². The highest BCUT2D eigenvalue weighted by Crippen LogP contribution is 2.48. The van der Waals surface area contributed by atoms with Crippen molar-refractivity contribution in [2.75, 3.05) is 17.1 Å². The van der Waals surface area contributed by atoms with Crippen LogP contribution in [0.3, 0.4) is 0 Å². The fourth-order valence-corrected chi connectivity index (χ4v) is 5.09. The number of carbonyl (C=O) groups excluding carboxylic acids is 2. The van der Waals surface area contributed by atoms with E-state index < -0.39 is 34.8 Å². The van der Waals surface area contributed by atoms with Crippen LogP contribution in [0.1, 0.15) is 17.2 Å². The molecule has 9 nitrogen and oxygen atoms in total. The molecule has 0 aliphatic carbocycles. The molecule has 2 aliphatic rings. The number of ether oxygens (including phenoxy) is 1. The summed E-state index contributed by atoms with van der Waals surface area (Å²) >= 11 is 3.48. The second kappa shape index (κ2) is 8.79. The Morgan fingerprint density at radius 3 is 2.40 bits per heavy atom. The van der Waals surface area contributed by atoms with Crippen molar-refractivity contribution in [1.82, 2.24) is 0 Å². The first-order valence-corrected chi connectivity index (χ1v) is 11.6. The third kappa shape index (κ3) is 3.84. The lowest BCUT2D eigenvalue weighted by Gasteiger charge is -2.29. The van der Waals surface area contributed by atoms with E-state index in [0.29, 0.717) is 27.2 Å². The number of aryl methyl sites for hydroxylation is 1. The summed E-state index contributed by atoms with van der Waals surface area (Å²) in [4.78, 5) is 45.2. The summed E-state index contributed by atoms with van der Waals surface area (Å²) in [6, 6.07) is 17.6. The van der Waals surface area contributed by atoms with Crippen LogP contribution in [-0.2, 0) is 14.4 Å². The van der Waals surface area contributed by atoms with E-state index in [2.05, 4.69) is 15.9 Å². The maximum atomic E-state index is 13.7. The number of nitrogens with zero attached hydrogens (tertiary/aromatic N) is 3. The molecule has 2 amide bonds. The minimum absolute atomic E-state index is 0.128. The van der Waals surface area contributed by atoms with Gasteiger partial charge in [0, 0.05) is 12.1 Å². The molecule has 0 aromatic heterocycles. The molecular formula is C25H20BrN3O6. The zero-order valence-electron chi connectivity index (χ0n) is 18.8. The second-order valence-corrected chi connectivity index (χ2v) is 9.20. The summed E-state index contributed by atoms with van der Waals surface area (Å²) in [5, 5.41) is 12.8. The van der Waals surface area contributed by atoms with E-state index in [1.165, 1.54) is 23.3 Å². The number of carbonyl (C=O) groups is 2. The van der Waals surface area contributed by atoms with Gasteiger partial charge in [0.25, 0.3) is 11.6 Å². The predicted molar refractivity (Wildman–Crippen MR) is 131 cm³/mol. The van der Waals surface area contributed by atoms with E-state index >= 15 is 0 Å². The number of benzene rings is 3. The van der Waals surface area contributed by atoms with Gasteiger partial charge in [-0.05, 0) is 58.7 Å². The molecule has 3 aromatic rings. The number of hydroxylamine groups is 1. The van der Waals surface area contributed by atoms with Crippen LogP contribution >= 0.6 is 15.9 Å². The summed E-state index contributed by atoms with van der Waals surface area (Å²) in [6.45, 7) is 1.92. The van der Waals surface area contributed by atoms with Crippen LogP contribution in [0.15, 0.2) is 71.2 Å². The largest absolute Gasteiger partial charge is 0.496 e. The summed E-state index contributed by atoms with van der Waals surface area (Å²) < 4.78 is 5.99. The number of nitro groups is 1. The van der Waals surface area contributed by atoms with Crippen LogP contribution in [0.2, 0.25) is 0 Å². The highest BCUT2D eigenvalue weighted by atomic mass is 79.9. The Kier molecular flexibility index (Phi) is 5.78. The molecule has 2 fully saturated rings. The van der Waals surface area contributed by atoms with Crippen LogP contribution in [0, 0.1) is 23.0 Å². The fraction of sp³-hybridized carbons (Fsp3) is 0.200. The predicted octanol–water partition coefficient (Wildman–Crippen LogP) is 4.73. The molecule has 2 heterocycles. The lowest BCUT2D eigenvalue weighted by atomic mass is 9.90. The molecule has 0 radical (unpaired) electrons. The summed E-state index contributed by atoms with van der Waals surface area (Å²) in [5.41, 5.74) is 2.40. The van der Waals surface area contributed by atoms with Crippen molar-refractivity contribution in [3.8, 4) is 5.75 Å². The molecule has 0 unspecified atom stereocenters. The molecule has 3 atom stereocenters. The quantitative estimate of drug-likeness (QED) is 0.263. The molecule has 0 N–H and O–H groups in total. The second-order valence-electron chi connectivity index (χ2n) is 8.34. The number of halogens is 1. The molecule has 178 valence electrons. The van der Waals surface area contributed by atoms with Gasteiger partial charge in [0.1, 0.15) is 11.7 Å². The van der Waals surface area contributed by atoms with Crippen LogP contribution in [0.4, 0.5) is 17.1 Å². The number of methoxy groups -OCH3 is 1. The Labute approximate surface area is 209 Å². The molecule has 0 saturated carbocycles. The van der Waals surface area contributed by atoms with E-state index in [1.54, 1.807) is 43.5 Å². The maximum absolute atomic E-state index is 13.7. The number of non-ortho nitro benzene ring substituents is 1. The van der Waals surface area contributed by atoms with Gasteiger partial charge in [-0.25, -0.2) is 9.96 Å². The first-order chi connectivity index (χ1) is 16.8. The molecular weight excluding hydrogens is 518 g/mol. The number of imide groups is 1. The van der Waals surface area contributed by atoms with Gasteiger partial charge in [-0.2, -0.15) is 0 Å². The first-order valence-electron chi connectivity index (χ1n) is 10.8. The smallest absolute Gasteiger partial charge is 0.271 e. The number of nitro benzene ring substituents is 1. The summed E-state index contributed by atoms with van der Waals surface area (Å²) in [6.07, 6.45) is -1.08. The van der Waals surface area contributed by atoms with E-state index in [4.69, 9.17) is 9.57 Å². The number of fused-ring (bicyclic) bond motifs is 1. The normalized spacial score (nSPS) is 21.4. The Balaban J connectivity index is 1.61. The molecule has 3 aromatic carbocycles. The van der Waals surface area contributed by atoms with Crippen molar-refractivity contribution < 1.29 is 24.1 Å². The monoisotopic (exact) mass is 537 g/mol. The third-order valence-electron chi connectivity index (χ3n) is 6.22. The standard InChI is InChI=1S/C25H20BrN3O6/c1-14-6-9-16(10-7-14)27-24(30)21-22(15-8-11-20(34-2)19(26)12-15)28(35-23(21)25(27)31)17-4-3-5-18(13-17)29(32)33/h3-13,21-23H,1-2H3/t21-,22-,23-/m0/s1. The average molecular weight is 538 g/mol. The third-order valence-corrected chi connectivity index (χ3v) is 6.84. The van der Waals surface area contributed by atoms with Crippen molar-refractivity contribution >= 4 is 44.8 Å². The van der Waals surface area contributed by atoms with Crippen LogP contribution in [-0.4, -0.2) is 30.0 Å². The van der Waals surface area contributed by atoms with E-state index in [-0.39, 0.29) is 5.69 Å². The fourth-order valence-electron chi connectivity index (χ4n) is 4.54. The van der Waals surface area contributed by atoms with Crippen LogP contribution < -0.4 is 14.7 Å². The van der Waals surface area contributed by atoms with E-state index in [0.717, 1.165) is 10.5 Å². The van der Waals surface area contributed by atoms with Crippen molar-refractivity contribution in [3.63, 3.8) is 0 Å². The van der Waals surface area contributed by atoms with E-state index in [1.807, 2.05) is 19.1 Å². The molecule has 35 heavy (non-hydrogen) atoms. The molecule has 0 bridgehead atoms. The Hall–Kier alpha value is -3.76. The van der Waals surface area contributed by atoms with E-state index in [9.17, 15) is 19.7 Å². The topological polar surface area (TPSA) is 102 Å². The zero-order chi connectivity index (χ0) is 24.9. The summed E-state index contributed by atoms with van der Waals surface area (Å²) in [5.74, 6) is -1.13. The Bertz CT molecular complexity index is 1350. The number of hydrogen-bond acceptors (Lipinski definition) is 7. The highest BCUT2D eigenvalue weighted by molar-refractivity contribution is 9.10. The number of hydrogen-bond donors (Lipinski definition) is 0. The summed E-state index contributed by atoms with van der Waals surface area (Å²) in [7, 11) is 1.54. The first kappa shape index (κ1) is 23.0. The molecule has 2 saturated heterocycles. The SMILES string of the molecule is COc1ccc([C@H]2[C@@H]3C(=O)N(c4ccc(C)cc4)C(=O)[C@H]3ON2c2cccc([N+](=O)[O-])c2)cc1Br. The van der Waals surface area contributed by atoms with Crippen molar-refractivity contribution in [2.45, 2.75) is 19.1 Å². The number of amides is 2. The van der Waals surface area contributed by atoms with Gasteiger partial charge in [-0.15, -0.1) is 0 Å². The lowest BCUT2D eigenvalue weighted by molar-refractivity contribution is -0.384. The van der Waals surface area contributed by atoms with Crippen LogP contribution in [0.5, 0.6) is 5.75 Å². The van der Waals surface area contributed by atoms with Gasteiger partial charge in [-0.1, -0.05) is 29.8 Å². The highest BCUT2D eigenvalue weighted by Gasteiger charge is 2.60. The Morgan fingerprint density at radius 2 is 1.74 bits per heavy atom. The lowest BCUT2D eigenvalue weighted by Crippen LogP contribution is -2.37. The molecule has 2 aliphatic heterocycles. The molecule has 0 spiro atoms. The zero-order valence-corrected chi connectivity index (χ0v) is 20.3. The maximum Gasteiger partial charge on any atom is 0.271 e. The van der Waals surface area contributed by atoms with Crippen molar-refractivity contribution in [2.24, 2.45) is 5.92 Å². The Morgan fingerprint density at radius 1 is 1.00 bits per heavy atom. The minimum Gasteiger partial charge on any atom is -0.496 e. The number of rotatable bonds is 5. The van der Waals surface area contributed by atoms with Gasteiger partial charge in [0.05, 0.1) is 33.9 Å². The van der Waals surface area contributed by atoms with Gasteiger partial charge in [-0.3, -0.25) is 24.5 Å². The van der Waals surface area contributed by atoms with Crippen LogP contribution in [0.25, 0.3) is 0 Å². The van der Waals surface area contributed by atoms with Gasteiger partial charge in [0.2, 0.25) is 5.91 Å². The molecule has 10 heteroatoms. The minimum atomic E-state index is -1.08. The molecule has 5 rings (SSSR count). The van der Waals surface area contributed by atoms with Gasteiger partial charge >= 0.3 is 0 Å². The van der Waals surface area contributed by atoms with Gasteiger partial charge in [0.15, 0.2) is 6.10 Å². The average Bonchev–Trinajstić information content (AvgIpc) is 3.36. The van der Waals surface area contributed by atoms with Crippen molar-refractivity contribution in [1.29, 1.82) is 0 Å². The number of anilines is 2. The van der Waals surface area contributed by atoms with Crippen molar-refractivity contribution in [3.05, 3.63) is 92.4 Å².